The highest BCUT2D eigenvalue weighted by Crippen LogP contribution is 2.30. The molecule has 1 saturated heterocycles. The number of rotatable bonds is 4. The van der Waals surface area contributed by atoms with Crippen LogP contribution < -0.4 is 5.32 Å². The largest absolute Gasteiger partial charge is 0.308 e. The van der Waals surface area contributed by atoms with E-state index in [0.29, 0.717) is 17.1 Å². The number of benzene rings is 1. The van der Waals surface area contributed by atoms with Crippen LogP contribution in [0.1, 0.15) is 46.1 Å². The van der Waals surface area contributed by atoms with Crippen LogP contribution in [-0.2, 0) is 6.54 Å². The minimum atomic E-state index is -0.172. The standard InChI is InChI=1S/C17H26ClFN2/c1-5-16(3)12-21(17(4,6-2)11-20-16)10-13-9-14(18)7-8-15(13)19/h7-9,20H,5-6,10-12H2,1-4H3. The van der Waals surface area contributed by atoms with Crippen molar-refractivity contribution in [2.45, 2.75) is 58.2 Å². The quantitative estimate of drug-likeness (QED) is 0.895. The van der Waals surface area contributed by atoms with E-state index in [0.717, 1.165) is 25.9 Å². The number of nitrogens with one attached hydrogen (secondary N) is 1. The Balaban J connectivity index is 2.26. The van der Waals surface area contributed by atoms with Crippen molar-refractivity contribution in [2.24, 2.45) is 0 Å². The maximum Gasteiger partial charge on any atom is 0.127 e. The summed E-state index contributed by atoms with van der Waals surface area (Å²) in [7, 11) is 0. The molecule has 2 nitrogen and oxygen atoms in total. The van der Waals surface area contributed by atoms with Gasteiger partial charge in [0.1, 0.15) is 5.82 Å². The van der Waals surface area contributed by atoms with E-state index < -0.39 is 0 Å². The third kappa shape index (κ3) is 3.58. The molecule has 1 heterocycles. The minimum Gasteiger partial charge on any atom is -0.308 e. The lowest BCUT2D eigenvalue weighted by atomic mass is 9.85. The van der Waals surface area contributed by atoms with Crippen LogP contribution in [0.15, 0.2) is 18.2 Å². The lowest BCUT2D eigenvalue weighted by Gasteiger charge is -2.52. The van der Waals surface area contributed by atoms with Gasteiger partial charge in [0.2, 0.25) is 0 Å². The molecule has 0 radical (unpaired) electrons. The molecule has 1 aromatic rings. The lowest BCUT2D eigenvalue weighted by Crippen LogP contribution is -2.67. The first-order valence-corrected chi connectivity index (χ1v) is 8.14. The second-order valence-corrected chi connectivity index (χ2v) is 7.15. The Morgan fingerprint density at radius 1 is 1.29 bits per heavy atom. The van der Waals surface area contributed by atoms with Crippen LogP contribution in [0.3, 0.4) is 0 Å². The molecule has 1 aliphatic rings. The van der Waals surface area contributed by atoms with E-state index in [1.165, 1.54) is 6.07 Å². The third-order valence-electron chi connectivity index (χ3n) is 5.11. The summed E-state index contributed by atoms with van der Waals surface area (Å²) in [6.45, 7) is 11.3. The molecule has 1 aromatic carbocycles. The Kier molecular flexibility index (Phi) is 4.96. The molecular weight excluding hydrogens is 287 g/mol. The van der Waals surface area contributed by atoms with Crippen LogP contribution >= 0.6 is 11.6 Å². The van der Waals surface area contributed by atoms with Gasteiger partial charge in [0, 0.05) is 41.3 Å². The van der Waals surface area contributed by atoms with Gasteiger partial charge in [-0.3, -0.25) is 4.90 Å². The highest BCUT2D eigenvalue weighted by molar-refractivity contribution is 6.30. The van der Waals surface area contributed by atoms with Crippen LogP contribution in [-0.4, -0.2) is 29.1 Å². The van der Waals surface area contributed by atoms with Crippen LogP contribution in [0, 0.1) is 5.82 Å². The fraction of sp³-hybridized carbons (Fsp3) is 0.647. The second kappa shape index (κ2) is 6.23. The topological polar surface area (TPSA) is 15.3 Å². The smallest absolute Gasteiger partial charge is 0.127 e. The zero-order valence-corrected chi connectivity index (χ0v) is 14.2. The first-order chi connectivity index (χ1) is 9.82. The molecule has 0 aromatic heterocycles. The lowest BCUT2D eigenvalue weighted by molar-refractivity contribution is 0.00972. The van der Waals surface area contributed by atoms with E-state index in [9.17, 15) is 4.39 Å². The van der Waals surface area contributed by atoms with Crippen LogP contribution in [0.2, 0.25) is 5.02 Å². The molecule has 2 unspecified atom stereocenters. The van der Waals surface area contributed by atoms with Gasteiger partial charge in [-0.1, -0.05) is 25.4 Å². The van der Waals surface area contributed by atoms with E-state index in [4.69, 9.17) is 11.6 Å². The van der Waals surface area contributed by atoms with Crippen molar-refractivity contribution in [3.8, 4) is 0 Å². The van der Waals surface area contributed by atoms with Crippen molar-refractivity contribution in [3.05, 3.63) is 34.6 Å². The highest BCUT2D eigenvalue weighted by Gasteiger charge is 2.41. The van der Waals surface area contributed by atoms with Crippen LogP contribution in [0.5, 0.6) is 0 Å². The number of halogens is 2. The summed E-state index contributed by atoms with van der Waals surface area (Å²) in [5.41, 5.74) is 0.815. The monoisotopic (exact) mass is 312 g/mol. The summed E-state index contributed by atoms with van der Waals surface area (Å²) in [5.74, 6) is -0.172. The summed E-state index contributed by atoms with van der Waals surface area (Å²) in [6, 6.07) is 4.81. The first-order valence-electron chi connectivity index (χ1n) is 7.76. The molecule has 0 spiro atoms. The van der Waals surface area contributed by atoms with Crippen molar-refractivity contribution in [3.63, 3.8) is 0 Å². The predicted molar refractivity (Wildman–Crippen MR) is 87.2 cm³/mol. The second-order valence-electron chi connectivity index (χ2n) is 6.71. The molecule has 0 amide bonds. The van der Waals surface area contributed by atoms with E-state index >= 15 is 0 Å². The third-order valence-corrected chi connectivity index (χ3v) is 5.35. The molecule has 4 heteroatoms. The van der Waals surface area contributed by atoms with Gasteiger partial charge in [-0.2, -0.15) is 0 Å². The molecule has 2 rings (SSSR count). The van der Waals surface area contributed by atoms with Crippen LogP contribution in [0.25, 0.3) is 0 Å². The normalized spacial score (nSPS) is 30.6. The zero-order valence-electron chi connectivity index (χ0n) is 13.5. The first kappa shape index (κ1) is 16.7. The molecule has 1 N–H and O–H groups in total. The van der Waals surface area contributed by atoms with Crippen molar-refractivity contribution in [1.82, 2.24) is 10.2 Å². The average Bonchev–Trinajstić information content (AvgIpc) is 2.47. The Bertz CT molecular complexity index is 508. The average molecular weight is 313 g/mol. The fourth-order valence-corrected chi connectivity index (χ4v) is 3.08. The summed E-state index contributed by atoms with van der Waals surface area (Å²) >= 11 is 6.03. The molecule has 1 aliphatic heterocycles. The molecule has 1 fully saturated rings. The Labute approximate surface area is 132 Å². The van der Waals surface area contributed by atoms with E-state index in [1.54, 1.807) is 12.1 Å². The van der Waals surface area contributed by atoms with Gasteiger partial charge in [-0.15, -0.1) is 0 Å². The minimum absolute atomic E-state index is 0.0451. The molecule has 21 heavy (non-hydrogen) atoms. The number of piperazine rings is 1. The van der Waals surface area contributed by atoms with Gasteiger partial charge >= 0.3 is 0 Å². The Hall–Kier alpha value is -0.640. The molecule has 2 atom stereocenters. The Morgan fingerprint density at radius 3 is 2.62 bits per heavy atom. The predicted octanol–water partition coefficient (Wildman–Crippen LogP) is 4.22. The maximum absolute atomic E-state index is 14.1. The van der Waals surface area contributed by atoms with Gasteiger partial charge in [0.25, 0.3) is 0 Å². The molecule has 0 bridgehead atoms. The SMILES string of the molecule is CCC1(C)CN(Cc2cc(Cl)ccc2F)C(C)(CC)CN1. The molecule has 0 aliphatic carbocycles. The van der Waals surface area contributed by atoms with Gasteiger partial charge in [0.15, 0.2) is 0 Å². The molecular formula is C17H26ClFN2. The summed E-state index contributed by atoms with van der Waals surface area (Å²) in [4.78, 5) is 2.40. The summed E-state index contributed by atoms with van der Waals surface area (Å²) in [5, 5.41) is 4.26. The summed E-state index contributed by atoms with van der Waals surface area (Å²) < 4.78 is 14.1. The number of nitrogens with zero attached hydrogens (tertiary/aromatic N) is 1. The van der Waals surface area contributed by atoms with E-state index in [2.05, 4.69) is 37.9 Å². The summed E-state index contributed by atoms with van der Waals surface area (Å²) in [6.07, 6.45) is 2.09. The highest BCUT2D eigenvalue weighted by atomic mass is 35.5. The number of hydrogen-bond acceptors (Lipinski definition) is 2. The van der Waals surface area contributed by atoms with Crippen molar-refractivity contribution in [2.75, 3.05) is 13.1 Å². The van der Waals surface area contributed by atoms with E-state index in [-0.39, 0.29) is 16.9 Å². The van der Waals surface area contributed by atoms with Gasteiger partial charge in [-0.05, 0) is 44.9 Å². The fourth-order valence-electron chi connectivity index (χ4n) is 2.89. The van der Waals surface area contributed by atoms with Gasteiger partial charge < -0.3 is 5.32 Å². The maximum atomic E-state index is 14.1. The van der Waals surface area contributed by atoms with Crippen molar-refractivity contribution in [1.29, 1.82) is 0 Å². The molecule has 0 saturated carbocycles. The molecule has 118 valence electrons. The van der Waals surface area contributed by atoms with E-state index in [1.807, 2.05) is 0 Å². The van der Waals surface area contributed by atoms with Crippen LogP contribution in [0.4, 0.5) is 4.39 Å². The zero-order chi connectivity index (χ0) is 15.7. The Morgan fingerprint density at radius 2 is 2.00 bits per heavy atom. The van der Waals surface area contributed by atoms with Gasteiger partial charge in [0.05, 0.1) is 0 Å². The van der Waals surface area contributed by atoms with Gasteiger partial charge in [-0.25, -0.2) is 4.39 Å². The van der Waals surface area contributed by atoms with Crippen molar-refractivity contribution < 1.29 is 4.39 Å². The van der Waals surface area contributed by atoms with Crippen molar-refractivity contribution >= 4 is 11.6 Å². The number of hydrogen-bond donors (Lipinski definition) is 1.